The van der Waals surface area contributed by atoms with Crippen molar-refractivity contribution in [3.05, 3.63) is 54.1 Å². The first-order valence-corrected chi connectivity index (χ1v) is 11.3. The molecule has 0 aliphatic carbocycles. The summed E-state index contributed by atoms with van der Waals surface area (Å²) in [4.78, 5) is 24.2. The molecule has 3 aromatic rings. The Hall–Kier alpha value is -3.33. The monoisotopic (exact) mass is 453 g/mol. The van der Waals surface area contributed by atoms with Crippen molar-refractivity contribution in [3.63, 3.8) is 0 Å². The molecule has 1 heterocycles. The number of amides is 3. The van der Waals surface area contributed by atoms with Crippen molar-refractivity contribution < 1.29 is 14.3 Å². The second-order valence-corrected chi connectivity index (χ2v) is 8.35. The van der Waals surface area contributed by atoms with Crippen LogP contribution in [0.2, 0.25) is 0 Å². The minimum Gasteiger partial charge on any atom is -0.494 e. The summed E-state index contributed by atoms with van der Waals surface area (Å²) < 4.78 is 7.46. The van der Waals surface area contributed by atoms with Crippen LogP contribution in [0, 0.1) is 6.92 Å². The van der Waals surface area contributed by atoms with Gasteiger partial charge in [0.25, 0.3) is 0 Å². The van der Waals surface area contributed by atoms with E-state index >= 15 is 0 Å². The lowest BCUT2D eigenvalue weighted by Gasteiger charge is -2.14. The summed E-state index contributed by atoms with van der Waals surface area (Å²) in [6, 6.07) is 15.1. The summed E-state index contributed by atoms with van der Waals surface area (Å²) in [5.74, 6) is 1.03. The Kier molecular flexibility index (Phi) is 7.88. The number of rotatable bonds is 8. The van der Waals surface area contributed by atoms with E-state index in [2.05, 4.69) is 20.8 Å². The zero-order chi connectivity index (χ0) is 23.1. The number of imide groups is 1. The smallest absolute Gasteiger partial charge is 0.321 e. The molecule has 3 rings (SSSR count). The average molecular weight is 454 g/mol. The maximum Gasteiger partial charge on any atom is 0.321 e. The third-order valence-electron chi connectivity index (χ3n) is 4.54. The molecule has 32 heavy (non-hydrogen) atoms. The number of thioether (sulfide) groups is 1. The lowest BCUT2D eigenvalue weighted by molar-refractivity contribution is -0.119. The van der Waals surface area contributed by atoms with E-state index in [9.17, 15) is 9.59 Å². The van der Waals surface area contributed by atoms with Crippen molar-refractivity contribution in [2.24, 2.45) is 0 Å². The molecule has 2 aromatic carbocycles. The van der Waals surface area contributed by atoms with Crippen LogP contribution in [0.5, 0.6) is 5.75 Å². The number of carbonyl (C=O) groups excluding carboxylic acids is 2. The van der Waals surface area contributed by atoms with Crippen LogP contribution in [-0.4, -0.2) is 45.1 Å². The van der Waals surface area contributed by atoms with Crippen molar-refractivity contribution >= 4 is 23.7 Å². The zero-order valence-electron chi connectivity index (χ0n) is 18.6. The van der Waals surface area contributed by atoms with Gasteiger partial charge >= 0.3 is 6.03 Å². The highest BCUT2D eigenvalue weighted by Gasteiger charge is 2.23. The van der Waals surface area contributed by atoms with Gasteiger partial charge in [-0.3, -0.25) is 14.7 Å². The standard InChI is InChI=1S/C23H27N5O3S/c1-5-24-22(30)25-21(29)16(4)32-23-27-26-20(17-9-7-8-15(3)14-17)28(23)18-10-12-19(13-11-18)31-6-2/h7-14,16H,5-6H2,1-4H3,(H2,24,25,29,30). The van der Waals surface area contributed by atoms with Crippen molar-refractivity contribution in [1.29, 1.82) is 0 Å². The second kappa shape index (κ2) is 10.8. The molecule has 8 nitrogen and oxygen atoms in total. The van der Waals surface area contributed by atoms with Crippen LogP contribution < -0.4 is 15.4 Å². The minimum atomic E-state index is -0.561. The lowest BCUT2D eigenvalue weighted by Crippen LogP contribution is -2.42. The predicted molar refractivity (Wildman–Crippen MR) is 125 cm³/mol. The van der Waals surface area contributed by atoms with Gasteiger partial charge in [-0.2, -0.15) is 0 Å². The van der Waals surface area contributed by atoms with Gasteiger partial charge in [0.05, 0.1) is 11.9 Å². The van der Waals surface area contributed by atoms with Crippen LogP contribution in [-0.2, 0) is 4.79 Å². The van der Waals surface area contributed by atoms with Gasteiger partial charge in [0, 0.05) is 17.8 Å². The first-order valence-electron chi connectivity index (χ1n) is 10.4. The summed E-state index contributed by atoms with van der Waals surface area (Å²) >= 11 is 1.23. The minimum absolute atomic E-state index is 0.403. The Morgan fingerprint density at radius 1 is 1.12 bits per heavy atom. The Morgan fingerprint density at radius 2 is 1.88 bits per heavy atom. The van der Waals surface area contributed by atoms with E-state index in [4.69, 9.17) is 4.74 Å². The first kappa shape index (κ1) is 23.3. The molecule has 0 aliphatic rings. The number of hydrogen-bond acceptors (Lipinski definition) is 6. The molecule has 0 aliphatic heterocycles. The highest BCUT2D eigenvalue weighted by molar-refractivity contribution is 8.00. The second-order valence-electron chi connectivity index (χ2n) is 7.05. The van der Waals surface area contributed by atoms with Crippen molar-refractivity contribution in [2.75, 3.05) is 13.2 Å². The van der Waals surface area contributed by atoms with Crippen LogP contribution in [0.1, 0.15) is 26.3 Å². The first-order chi connectivity index (χ1) is 15.4. The van der Waals surface area contributed by atoms with E-state index in [0.717, 1.165) is 22.6 Å². The summed E-state index contributed by atoms with van der Waals surface area (Å²) in [5, 5.41) is 13.7. The molecule has 0 fully saturated rings. The Bertz CT molecular complexity index is 1080. The number of nitrogens with one attached hydrogen (secondary N) is 2. The van der Waals surface area contributed by atoms with Crippen LogP contribution in [0.3, 0.4) is 0 Å². The van der Waals surface area contributed by atoms with Crippen LogP contribution in [0.15, 0.2) is 53.7 Å². The van der Waals surface area contributed by atoms with E-state index in [1.54, 1.807) is 13.8 Å². The van der Waals surface area contributed by atoms with Gasteiger partial charge in [-0.25, -0.2) is 4.79 Å². The van der Waals surface area contributed by atoms with Crippen molar-refractivity contribution in [2.45, 2.75) is 38.1 Å². The van der Waals surface area contributed by atoms with E-state index in [0.29, 0.717) is 24.1 Å². The van der Waals surface area contributed by atoms with Gasteiger partial charge in [-0.15, -0.1) is 10.2 Å². The predicted octanol–water partition coefficient (Wildman–Crippen LogP) is 3.97. The molecule has 1 atom stereocenters. The molecule has 3 amide bonds. The maximum absolute atomic E-state index is 12.5. The van der Waals surface area contributed by atoms with Gasteiger partial charge in [0.2, 0.25) is 5.91 Å². The molecule has 9 heteroatoms. The number of aryl methyl sites for hydroxylation is 1. The molecular weight excluding hydrogens is 426 g/mol. The summed E-state index contributed by atoms with van der Waals surface area (Å²) in [6.07, 6.45) is 0. The molecular formula is C23H27N5O3S. The summed E-state index contributed by atoms with van der Waals surface area (Å²) in [6.45, 7) is 8.49. The molecule has 1 unspecified atom stereocenters. The SMILES string of the molecule is CCNC(=O)NC(=O)C(C)Sc1nnc(-c2cccc(C)c2)n1-c1ccc(OCC)cc1. The molecule has 0 bridgehead atoms. The van der Waals surface area contributed by atoms with Gasteiger partial charge in [0.1, 0.15) is 5.75 Å². The van der Waals surface area contributed by atoms with Gasteiger partial charge < -0.3 is 10.1 Å². The largest absolute Gasteiger partial charge is 0.494 e. The maximum atomic E-state index is 12.5. The molecule has 0 radical (unpaired) electrons. The zero-order valence-corrected chi connectivity index (χ0v) is 19.4. The highest BCUT2D eigenvalue weighted by Crippen LogP contribution is 2.31. The fourth-order valence-electron chi connectivity index (χ4n) is 3.04. The summed E-state index contributed by atoms with van der Waals surface area (Å²) in [7, 11) is 0. The van der Waals surface area contributed by atoms with Gasteiger partial charge in [-0.05, 0) is 58.0 Å². The van der Waals surface area contributed by atoms with Crippen LogP contribution >= 0.6 is 11.8 Å². The normalized spacial score (nSPS) is 11.6. The van der Waals surface area contributed by atoms with Crippen LogP contribution in [0.25, 0.3) is 17.1 Å². The Balaban J connectivity index is 1.95. The molecule has 2 N–H and O–H groups in total. The van der Waals surface area contributed by atoms with E-state index in [1.807, 2.05) is 66.9 Å². The fourth-order valence-corrected chi connectivity index (χ4v) is 3.91. The topological polar surface area (TPSA) is 98.1 Å². The lowest BCUT2D eigenvalue weighted by atomic mass is 10.1. The van der Waals surface area contributed by atoms with Crippen LogP contribution in [0.4, 0.5) is 4.79 Å². The third kappa shape index (κ3) is 5.67. The quantitative estimate of drug-likeness (QED) is 0.501. The van der Waals surface area contributed by atoms with E-state index < -0.39 is 17.2 Å². The van der Waals surface area contributed by atoms with Gasteiger partial charge in [-0.1, -0.05) is 35.5 Å². The number of hydrogen-bond donors (Lipinski definition) is 2. The Labute approximate surface area is 191 Å². The van der Waals surface area contributed by atoms with E-state index in [1.165, 1.54) is 11.8 Å². The van der Waals surface area contributed by atoms with Crippen molar-refractivity contribution in [3.8, 4) is 22.8 Å². The number of nitrogens with zero attached hydrogens (tertiary/aromatic N) is 3. The number of urea groups is 1. The molecule has 0 saturated heterocycles. The molecule has 0 saturated carbocycles. The molecule has 0 spiro atoms. The van der Waals surface area contributed by atoms with Crippen molar-refractivity contribution in [1.82, 2.24) is 25.4 Å². The Morgan fingerprint density at radius 3 is 2.53 bits per heavy atom. The molecule has 1 aromatic heterocycles. The average Bonchev–Trinajstić information content (AvgIpc) is 3.18. The van der Waals surface area contributed by atoms with Gasteiger partial charge in [0.15, 0.2) is 11.0 Å². The number of benzene rings is 2. The number of carbonyl (C=O) groups is 2. The fraction of sp³-hybridized carbons (Fsp3) is 0.304. The number of ether oxygens (including phenoxy) is 1. The third-order valence-corrected chi connectivity index (χ3v) is 5.58. The summed E-state index contributed by atoms with van der Waals surface area (Å²) in [5.41, 5.74) is 2.86. The molecule has 168 valence electrons. The number of aromatic nitrogens is 3. The highest BCUT2D eigenvalue weighted by atomic mass is 32.2. The van der Waals surface area contributed by atoms with E-state index in [-0.39, 0.29) is 0 Å².